The van der Waals surface area contributed by atoms with E-state index in [9.17, 15) is 23.2 Å². The highest BCUT2D eigenvalue weighted by atomic mass is 19.1. The number of hydrogen-bond donors (Lipinski definition) is 0. The second-order valence-electron chi connectivity index (χ2n) is 10.2. The fourth-order valence-corrected chi connectivity index (χ4v) is 4.39. The molecule has 0 aromatic heterocycles. The van der Waals surface area contributed by atoms with Crippen molar-refractivity contribution in [3.8, 4) is 17.2 Å². The number of carbonyl (C=O) groups is 3. The summed E-state index contributed by atoms with van der Waals surface area (Å²) < 4.78 is 50.1. The molecule has 0 aliphatic rings. The first-order valence-electron chi connectivity index (χ1n) is 14.6. The third-order valence-electron chi connectivity index (χ3n) is 6.95. The first kappa shape index (κ1) is 34.0. The van der Waals surface area contributed by atoms with Crippen LogP contribution in [-0.2, 0) is 31.0 Å². The van der Waals surface area contributed by atoms with Crippen LogP contribution in [0.15, 0.2) is 85.5 Å². The predicted molar refractivity (Wildman–Crippen MR) is 162 cm³/mol. The maximum atomic E-state index is 14.4. The van der Waals surface area contributed by atoms with E-state index in [1.54, 1.807) is 24.3 Å². The van der Waals surface area contributed by atoms with E-state index in [1.807, 2.05) is 31.2 Å². The summed E-state index contributed by atoms with van der Waals surface area (Å²) >= 11 is 0. The van der Waals surface area contributed by atoms with Gasteiger partial charge in [-0.15, -0.1) is 0 Å². The van der Waals surface area contributed by atoms with Crippen LogP contribution in [0.2, 0.25) is 0 Å². The van der Waals surface area contributed by atoms with E-state index in [4.69, 9.17) is 18.9 Å². The number of benzene rings is 3. The third kappa shape index (κ3) is 10.0. The molecular weight excluding hydrogens is 570 g/mol. The van der Waals surface area contributed by atoms with Crippen LogP contribution in [0.4, 0.5) is 8.78 Å². The fraction of sp³-hybridized carbons (Fsp3) is 0.343. The van der Waals surface area contributed by atoms with Gasteiger partial charge in [0.15, 0.2) is 0 Å². The Balaban J connectivity index is 1.49. The van der Waals surface area contributed by atoms with Crippen molar-refractivity contribution in [3.05, 3.63) is 102 Å². The van der Waals surface area contributed by atoms with Crippen molar-refractivity contribution in [1.82, 2.24) is 0 Å². The molecule has 0 bridgehead atoms. The summed E-state index contributed by atoms with van der Waals surface area (Å²) in [5.74, 6) is 0.0268. The summed E-state index contributed by atoms with van der Waals surface area (Å²) in [6.45, 7) is 4.03. The molecule has 0 saturated heterocycles. The van der Waals surface area contributed by atoms with E-state index in [0.717, 1.165) is 18.1 Å². The van der Waals surface area contributed by atoms with Gasteiger partial charge < -0.3 is 18.9 Å². The maximum Gasteiger partial charge on any atom is 0.330 e. The minimum atomic E-state index is -1.55. The summed E-state index contributed by atoms with van der Waals surface area (Å²) in [4.78, 5) is 35.2. The first-order valence-corrected chi connectivity index (χ1v) is 14.6. The molecule has 0 radical (unpaired) electrons. The Morgan fingerprint density at radius 2 is 1.23 bits per heavy atom. The van der Waals surface area contributed by atoms with Crippen molar-refractivity contribution in [1.29, 1.82) is 0 Å². The highest BCUT2D eigenvalue weighted by Crippen LogP contribution is 2.35. The van der Waals surface area contributed by atoms with Crippen molar-refractivity contribution >= 4 is 17.9 Å². The quantitative estimate of drug-likeness (QED) is 0.0662. The van der Waals surface area contributed by atoms with Crippen LogP contribution >= 0.6 is 0 Å². The van der Waals surface area contributed by atoms with Crippen molar-refractivity contribution in [2.45, 2.75) is 50.9 Å². The minimum Gasteiger partial charge on any atom is -0.494 e. The number of hydrogen-bond acceptors (Lipinski definition) is 7. The molecule has 234 valence electrons. The zero-order chi connectivity index (χ0) is 31.8. The summed E-state index contributed by atoms with van der Waals surface area (Å²) in [6.07, 6.45) is 4.07. The average Bonchev–Trinajstić information content (AvgIpc) is 3.04. The summed E-state index contributed by atoms with van der Waals surface area (Å²) in [5, 5.41) is 0. The number of unbranched alkanes of at least 4 members (excludes halogenated alkanes) is 1. The van der Waals surface area contributed by atoms with E-state index in [2.05, 4.69) is 6.58 Å². The van der Waals surface area contributed by atoms with Crippen LogP contribution in [0, 0.1) is 0 Å². The number of aryl methyl sites for hydroxylation is 1. The second kappa shape index (κ2) is 17.6. The van der Waals surface area contributed by atoms with Crippen LogP contribution < -0.4 is 14.2 Å². The number of esters is 3. The number of rotatable bonds is 18. The molecule has 44 heavy (non-hydrogen) atoms. The molecule has 0 saturated carbocycles. The molecule has 3 aromatic rings. The lowest BCUT2D eigenvalue weighted by Gasteiger charge is -2.29. The Hall–Kier alpha value is -4.53. The second-order valence-corrected chi connectivity index (χ2v) is 10.2. The Bertz CT molecular complexity index is 1350. The molecule has 9 heteroatoms. The molecule has 7 nitrogen and oxygen atoms in total. The Kier molecular flexibility index (Phi) is 13.6. The normalized spacial score (nSPS) is 11.0. The van der Waals surface area contributed by atoms with E-state index < -0.39 is 30.7 Å². The zero-order valence-electron chi connectivity index (χ0n) is 24.9. The highest BCUT2D eigenvalue weighted by molar-refractivity contribution is 5.81. The molecule has 0 atom stereocenters. The topological polar surface area (TPSA) is 88.1 Å². The Labute approximate surface area is 256 Å². The smallest absolute Gasteiger partial charge is 0.330 e. The largest absolute Gasteiger partial charge is 0.494 e. The van der Waals surface area contributed by atoms with Gasteiger partial charge in [-0.05, 0) is 78.8 Å². The van der Waals surface area contributed by atoms with Crippen LogP contribution in [0.3, 0.4) is 0 Å². The monoisotopic (exact) mass is 608 g/mol. The van der Waals surface area contributed by atoms with Gasteiger partial charge in [0.1, 0.15) is 30.6 Å². The van der Waals surface area contributed by atoms with E-state index in [-0.39, 0.29) is 24.6 Å². The van der Waals surface area contributed by atoms with Gasteiger partial charge in [0, 0.05) is 18.9 Å². The molecule has 0 aliphatic carbocycles. The SMILES string of the molecule is C=CC(=O)OCCCCOc1ccc(CCC(=O)Oc2ccc(C(CF)(CF)c3ccc(OC(=O)CCC)cc3)cc2)cc1. The Morgan fingerprint density at radius 1 is 0.727 bits per heavy atom. The van der Waals surface area contributed by atoms with Crippen LogP contribution in [0.1, 0.15) is 55.7 Å². The van der Waals surface area contributed by atoms with Crippen LogP contribution in [0.25, 0.3) is 0 Å². The van der Waals surface area contributed by atoms with Crippen LogP contribution in [0.5, 0.6) is 17.2 Å². The highest BCUT2D eigenvalue weighted by Gasteiger charge is 2.35. The van der Waals surface area contributed by atoms with Gasteiger partial charge in [-0.25, -0.2) is 13.6 Å². The molecule has 3 aromatic carbocycles. The predicted octanol–water partition coefficient (Wildman–Crippen LogP) is 7.04. The molecule has 0 heterocycles. The van der Waals surface area contributed by atoms with E-state index in [0.29, 0.717) is 55.1 Å². The molecule has 3 rings (SSSR count). The fourth-order valence-electron chi connectivity index (χ4n) is 4.39. The third-order valence-corrected chi connectivity index (χ3v) is 6.95. The van der Waals surface area contributed by atoms with E-state index in [1.165, 1.54) is 24.3 Å². The maximum absolute atomic E-state index is 14.4. The number of halogens is 2. The summed E-state index contributed by atoms with van der Waals surface area (Å²) in [7, 11) is 0. The molecule has 0 amide bonds. The lowest BCUT2D eigenvalue weighted by atomic mass is 9.76. The standard InChI is InChI=1S/C35H38F2O7/c1-3-7-33(39)43-30-17-11-27(12-18-30)35(24-36,25-37)28-13-19-31(20-14-28)44-34(40)21-10-26-8-15-29(16-9-26)41-22-5-6-23-42-32(38)4-2/h4,8-9,11-20H,2-3,5-7,10,21-25H2,1H3. The van der Waals surface area contributed by atoms with Crippen molar-refractivity contribution in [2.75, 3.05) is 26.6 Å². The first-order chi connectivity index (χ1) is 21.3. The lowest BCUT2D eigenvalue weighted by Crippen LogP contribution is -2.32. The molecule has 0 spiro atoms. The summed E-state index contributed by atoms with van der Waals surface area (Å²) in [5.41, 5.74) is 0.162. The van der Waals surface area contributed by atoms with Gasteiger partial charge in [0.25, 0.3) is 0 Å². The minimum absolute atomic E-state index is 0.138. The number of alkyl halides is 2. The van der Waals surface area contributed by atoms with Gasteiger partial charge in [0.05, 0.1) is 18.6 Å². The molecular formula is C35H38F2O7. The van der Waals surface area contributed by atoms with Crippen LogP contribution in [-0.4, -0.2) is 44.5 Å². The van der Waals surface area contributed by atoms with Crippen molar-refractivity contribution in [2.24, 2.45) is 0 Å². The van der Waals surface area contributed by atoms with Gasteiger partial charge in [-0.3, -0.25) is 9.59 Å². The van der Waals surface area contributed by atoms with Crippen molar-refractivity contribution in [3.63, 3.8) is 0 Å². The lowest BCUT2D eigenvalue weighted by molar-refractivity contribution is -0.138. The van der Waals surface area contributed by atoms with Crippen molar-refractivity contribution < 1.29 is 42.1 Å². The van der Waals surface area contributed by atoms with Gasteiger partial charge in [-0.2, -0.15) is 0 Å². The number of carbonyl (C=O) groups excluding carboxylic acids is 3. The van der Waals surface area contributed by atoms with E-state index >= 15 is 0 Å². The zero-order valence-corrected chi connectivity index (χ0v) is 24.9. The molecule has 0 fully saturated rings. The average molecular weight is 609 g/mol. The molecule has 0 unspecified atom stereocenters. The summed E-state index contributed by atoms with van der Waals surface area (Å²) in [6, 6.07) is 19.7. The Morgan fingerprint density at radius 3 is 1.73 bits per heavy atom. The molecule has 0 N–H and O–H groups in total. The van der Waals surface area contributed by atoms with Gasteiger partial charge in [0.2, 0.25) is 0 Å². The van der Waals surface area contributed by atoms with Gasteiger partial charge in [-0.1, -0.05) is 49.9 Å². The molecule has 0 aliphatic heterocycles. The number of ether oxygens (including phenoxy) is 4. The van der Waals surface area contributed by atoms with Gasteiger partial charge >= 0.3 is 17.9 Å².